The summed E-state index contributed by atoms with van der Waals surface area (Å²) in [5.74, 6) is 0.231. The van der Waals surface area contributed by atoms with Crippen LogP contribution in [0.15, 0.2) is 10.5 Å². The van der Waals surface area contributed by atoms with Crippen LogP contribution in [0.1, 0.15) is 40.0 Å². The summed E-state index contributed by atoms with van der Waals surface area (Å²) >= 11 is 16.5. The summed E-state index contributed by atoms with van der Waals surface area (Å²) in [5, 5.41) is 26.4. The number of piperidine rings is 1. The molecule has 0 aliphatic carbocycles. The molecule has 2 aliphatic rings. The maximum atomic E-state index is 12.9. The van der Waals surface area contributed by atoms with Gasteiger partial charge in [0.25, 0.3) is 0 Å². The molecular weight excluding hydrogens is 625 g/mol. The first kappa shape index (κ1) is 30.4. The lowest BCUT2D eigenvalue weighted by Gasteiger charge is -2.43. The van der Waals surface area contributed by atoms with E-state index in [2.05, 4.69) is 37.2 Å². The molecule has 216 valence electrons. The molecule has 2 aromatic rings. The molecule has 2 atom stereocenters. The average Bonchev–Trinajstić information content (AvgIpc) is 2.81. The van der Waals surface area contributed by atoms with Crippen molar-refractivity contribution in [3.63, 3.8) is 0 Å². The number of halogens is 3. The van der Waals surface area contributed by atoms with Crippen LogP contribution in [0.3, 0.4) is 0 Å². The number of nitrogens with one attached hydrogen (secondary N) is 1. The first-order chi connectivity index (χ1) is 18.7. The van der Waals surface area contributed by atoms with Gasteiger partial charge < -0.3 is 24.8 Å². The molecule has 4 rings (SSSR count). The first-order valence-corrected chi connectivity index (χ1v) is 14.5. The Balaban J connectivity index is 1.75. The van der Waals surface area contributed by atoms with E-state index in [9.17, 15) is 20.2 Å². The number of fused-ring (bicyclic) bond motifs is 1. The SMILES string of the molecule is CN(C)C1CN(c2nc3c(Cl)c(Br)c(Cl)cc3c(N[C@H]3CCN(C(=O)OC(C)(C)C)[C@H](CC#N)C3)c2[N+](=O)[O-])C1. The highest BCUT2D eigenvalue weighted by Gasteiger charge is 2.39. The van der Waals surface area contributed by atoms with Crippen molar-refractivity contribution in [1.29, 1.82) is 5.26 Å². The molecule has 40 heavy (non-hydrogen) atoms. The Bertz CT molecular complexity index is 1370. The summed E-state index contributed by atoms with van der Waals surface area (Å²) in [6, 6.07) is 3.31. The number of amides is 1. The predicted octanol–water partition coefficient (Wildman–Crippen LogP) is 6.06. The van der Waals surface area contributed by atoms with Crippen molar-refractivity contribution in [3.8, 4) is 6.07 Å². The van der Waals surface area contributed by atoms with E-state index in [1.807, 2.05) is 19.0 Å². The normalized spacial score (nSPS) is 19.9. The molecule has 1 aromatic carbocycles. The highest BCUT2D eigenvalue weighted by molar-refractivity contribution is 9.10. The van der Waals surface area contributed by atoms with Gasteiger partial charge in [-0.1, -0.05) is 23.2 Å². The van der Waals surface area contributed by atoms with Gasteiger partial charge in [-0.2, -0.15) is 5.26 Å². The van der Waals surface area contributed by atoms with Gasteiger partial charge in [-0.3, -0.25) is 10.1 Å². The number of likely N-dealkylation sites (N-methyl/N-ethyl adjacent to an activating group) is 1. The maximum Gasteiger partial charge on any atom is 0.410 e. The van der Waals surface area contributed by atoms with Gasteiger partial charge in [-0.15, -0.1) is 0 Å². The standard InChI is InChI=1S/C26H32BrCl2N7O4/c1-26(2,3)40-25(37)35-9-7-14(10-15(35)6-8-30)31-22-17-11-18(28)19(27)20(29)21(17)32-24(23(22)36(38)39)34-12-16(13-34)33(4)5/h11,14-16H,6-7,9-10,12-13H2,1-5H3,(H,31,32)/t14-,15+/m0/s1. The smallest absolute Gasteiger partial charge is 0.410 e. The molecule has 0 saturated carbocycles. The molecule has 0 radical (unpaired) electrons. The lowest BCUT2D eigenvalue weighted by atomic mass is 9.94. The van der Waals surface area contributed by atoms with E-state index in [1.54, 1.807) is 31.7 Å². The van der Waals surface area contributed by atoms with Crippen molar-refractivity contribution in [2.45, 2.75) is 63.8 Å². The molecule has 0 unspecified atom stereocenters. The number of nitrogens with zero attached hydrogens (tertiary/aromatic N) is 6. The molecular formula is C26H32BrCl2N7O4. The third-order valence-electron chi connectivity index (χ3n) is 7.17. The molecule has 14 heteroatoms. The van der Waals surface area contributed by atoms with Gasteiger partial charge in [0.05, 0.1) is 37.4 Å². The van der Waals surface area contributed by atoms with Crippen molar-refractivity contribution in [3.05, 3.63) is 30.7 Å². The largest absolute Gasteiger partial charge is 0.444 e. The maximum absolute atomic E-state index is 12.9. The number of hydrogen-bond acceptors (Lipinski definition) is 9. The van der Waals surface area contributed by atoms with Crippen molar-refractivity contribution in [2.75, 3.05) is 43.9 Å². The number of anilines is 2. The minimum atomic E-state index is -0.675. The van der Waals surface area contributed by atoms with Gasteiger partial charge in [-0.05, 0) is 69.7 Å². The van der Waals surface area contributed by atoms with E-state index in [4.69, 9.17) is 27.9 Å². The summed E-state index contributed by atoms with van der Waals surface area (Å²) in [7, 11) is 3.93. The lowest BCUT2D eigenvalue weighted by molar-refractivity contribution is -0.383. The van der Waals surface area contributed by atoms with Gasteiger partial charge in [0.15, 0.2) is 0 Å². The van der Waals surface area contributed by atoms with Crippen LogP contribution in [0.25, 0.3) is 10.9 Å². The first-order valence-electron chi connectivity index (χ1n) is 12.9. The van der Waals surface area contributed by atoms with Crippen LogP contribution in [-0.2, 0) is 4.74 Å². The van der Waals surface area contributed by atoms with Crippen LogP contribution >= 0.6 is 39.1 Å². The topological polar surface area (TPSA) is 128 Å². The third-order valence-corrected chi connectivity index (χ3v) is 9.11. The highest BCUT2D eigenvalue weighted by atomic mass is 79.9. The van der Waals surface area contributed by atoms with Gasteiger partial charge in [0, 0.05) is 43.1 Å². The zero-order chi connectivity index (χ0) is 29.5. The van der Waals surface area contributed by atoms with Crippen molar-refractivity contribution >= 4 is 73.3 Å². The van der Waals surface area contributed by atoms with Crippen molar-refractivity contribution in [2.24, 2.45) is 0 Å². The quantitative estimate of drug-likeness (QED) is 0.224. The van der Waals surface area contributed by atoms with Crippen LogP contribution < -0.4 is 10.2 Å². The molecule has 0 spiro atoms. The second kappa shape index (κ2) is 11.7. The predicted molar refractivity (Wildman–Crippen MR) is 159 cm³/mol. The molecule has 1 amide bonds. The Morgan fingerprint density at radius 3 is 2.62 bits per heavy atom. The van der Waals surface area contributed by atoms with Gasteiger partial charge in [0.1, 0.15) is 11.3 Å². The van der Waals surface area contributed by atoms with Crippen LogP contribution in [0, 0.1) is 21.4 Å². The van der Waals surface area contributed by atoms with Crippen LogP contribution in [0.2, 0.25) is 10.0 Å². The number of pyridine rings is 1. The number of ether oxygens (including phenoxy) is 1. The van der Waals surface area contributed by atoms with Gasteiger partial charge >= 0.3 is 11.8 Å². The summed E-state index contributed by atoms with van der Waals surface area (Å²) in [5.41, 5.74) is -0.188. The number of nitriles is 1. The Hall–Kier alpha value is -2.59. The second-order valence-corrected chi connectivity index (χ2v) is 13.0. The van der Waals surface area contributed by atoms with E-state index in [-0.39, 0.29) is 40.7 Å². The zero-order valence-corrected chi connectivity index (χ0v) is 26.1. The van der Waals surface area contributed by atoms with E-state index in [1.165, 1.54) is 0 Å². The Morgan fingerprint density at radius 2 is 2.05 bits per heavy atom. The van der Waals surface area contributed by atoms with E-state index in [0.29, 0.717) is 52.9 Å². The van der Waals surface area contributed by atoms with Crippen molar-refractivity contribution < 1.29 is 14.5 Å². The van der Waals surface area contributed by atoms with Crippen molar-refractivity contribution in [1.82, 2.24) is 14.8 Å². The minimum Gasteiger partial charge on any atom is -0.444 e. The third kappa shape index (κ3) is 6.17. The fourth-order valence-electron chi connectivity index (χ4n) is 5.02. The molecule has 11 nitrogen and oxygen atoms in total. The fraction of sp³-hybridized carbons (Fsp3) is 0.577. The van der Waals surface area contributed by atoms with Crippen LogP contribution in [0.5, 0.6) is 0 Å². The Kier molecular flexibility index (Phi) is 8.90. The summed E-state index contributed by atoms with van der Waals surface area (Å²) in [4.78, 5) is 35.2. The molecule has 2 fully saturated rings. The zero-order valence-electron chi connectivity index (χ0n) is 23.0. The molecule has 0 bridgehead atoms. The van der Waals surface area contributed by atoms with E-state index >= 15 is 0 Å². The van der Waals surface area contributed by atoms with E-state index in [0.717, 1.165) is 0 Å². The monoisotopic (exact) mass is 655 g/mol. The number of likely N-dealkylation sites (tertiary alicyclic amines) is 1. The second-order valence-electron chi connectivity index (χ2n) is 11.4. The molecule has 2 saturated heterocycles. The van der Waals surface area contributed by atoms with Gasteiger partial charge in [-0.25, -0.2) is 9.78 Å². The summed E-state index contributed by atoms with van der Waals surface area (Å²) < 4.78 is 6.01. The van der Waals surface area contributed by atoms with Crippen LogP contribution in [0.4, 0.5) is 22.0 Å². The fourth-order valence-corrected chi connectivity index (χ4v) is 5.82. The molecule has 1 aromatic heterocycles. The summed E-state index contributed by atoms with van der Waals surface area (Å²) in [6.07, 6.45) is 0.507. The van der Waals surface area contributed by atoms with Gasteiger partial charge in [0.2, 0.25) is 5.82 Å². The number of benzene rings is 1. The highest BCUT2D eigenvalue weighted by Crippen LogP contribution is 2.47. The number of rotatable bonds is 6. The number of hydrogen-bond donors (Lipinski definition) is 1. The molecule has 1 N–H and O–H groups in total. The minimum absolute atomic E-state index is 0.103. The number of aromatic nitrogens is 1. The molecule has 2 aliphatic heterocycles. The van der Waals surface area contributed by atoms with E-state index < -0.39 is 22.7 Å². The number of carbonyl (C=O) groups excluding carboxylic acids is 1. The summed E-state index contributed by atoms with van der Waals surface area (Å²) in [6.45, 7) is 6.85. The Labute approximate surface area is 251 Å². The number of carbonyl (C=O) groups is 1. The average molecular weight is 657 g/mol. The molecule has 3 heterocycles. The lowest BCUT2D eigenvalue weighted by Crippen LogP contribution is -2.57. The number of nitro groups is 1. The Morgan fingerprint density at radius 1 is 1.38 bits per heavy atom. The van der Waals surface area contributed by atoms with Crippen LogP contribution in [-0.4, -0.2) is 83.3 Å².